The predicted molar refractivity (Wildman–Crippen MR) is 85.4 cm³/mol. The van der Waals surface area contributed by atoms with E-state index in [-0.39, 0.29) is 0 Å². The van der Waals surface area contributed by atoms with Crippen LogP contribution in [0.1, 0.15) is 0 Å². The summed E-state index contributed by atoms with van der Waals surface area (Å²) in [7, 11) is 0. The number of furan rings is 1. The fourth-order valence-electron chi connectivity index (χ4n) is 2.31. The number of anilines is 2. The molecule has 3 aromatic heterocycles. The lowest BCUT2D eigenvalue weighted by molar-refractivity contribution is 0.581. The number of hydrogen-bond donors (Lipinski definition) is 1. The second kappa shape index (κ2) is 5.20. The maximum absolute atomic E-state index is 6.05. The van der Waals surface area contributed by atoms with E-state index in [0.717, 1.165) is 22.8 Å². The molecule has 0 bridgehead atoms. The van der Waals surface area contributed by atoms with E-state index in [9.17, 15) is 0 Å². The van der Waals surface area contributed by atoms with Crippen LogP contribution < -0.4 is 5.32 Å². The Labute approximate surface area is 131 Å². The molecule has 0 radical (unpaired) electrons. The highest BCUT2D eigenvalue weighted by molar-refractivity contribution is 6.30. The van der Waals surface area contributed by atoms with Crippen molar-refractivity contribution in [2.24, 2.45) is 0 Å². The quantitative estimate of drug-likeness (QED) is 0.610. The second-order valence-electron chi connectivity index (χ2n) is 4.73. The molecular weight excluding hydrogens is 300 g/mol. The van der Waals surface area contributed by atoms with Gasteiger partial charge in [0.05, 0.1) is 12.5 Å². The van der Waals surface area contributed by atoms with Crippen LogP contribution in [0.5, 0.6) is 0 Å². The number of halogens is 1. The minimum Gasteiger partial charge on any atom is -0.463 e. The number of aromatic nitrogens is 3. The smallest absolute Gasteiger partial charge is 0.157 e. The average molecular weight is 311 g/mol. The molecule has 5 nitrogen and oxygen atoms in total. The van der Waals surface area contributed by atoms with E-state index >= 15 is 0 Å². The Hall–Kier alpha value is -2.79. The van der Waals surface area contributed by atoms with Crippen molar-refractivity contribution < 1.29 is 4.42 Å². The minimum absolute atomic E-state index is 0.667. The molecule has 1 aromatic carbocycles. The largest absolute Gasteiger partial charge is 0.463 e. The van der Waals surface area contributed by atoms with Gasteiger partial charge in [0.1, 0.15) is 11.5 Å². The number of fused-ring (bicyclic) bond motifs is 1. The minimum atomic E-state index is 0.667. The van der Waals surface area contributed by atoms with Crippen LogP contribution in [0.15, 0.2) is 65.7 Å². The molecule has 22 heavy (non-hydrogen) atoms. The third-order valence-electron chi connectivity index (χ3n) is 3.27. The molecule has 3 heterocycles. The molecule has 0 aliphatic rings. The van der Waals surface area contributed by atoms with Gasteiger partial charge in [-0.2, -0.15) is 0 Å². The van der Waals surface area contributed by atoms with Gasteiger partial charge in [-0.05, 0) is 30.3 Å². The van der Waals surface area contributed by atoms with E-state index in [1.807, 2.05) is 47.0 Å². The average Bonchev–Trinajstić information content (AvgIpc) is 3.15. The van der Waals surface area contributed by atoms with Crippen LogP contribution in [0.4, 0.5) is 11.5 Å². The maximum Gasteiger partial charge on any atom is 0.157 e. The van der Waals surface area contributed by atoms with Crippen molar-refractivity contribution in [2.45, 2.75) is 0 Å². The SMILES string of the molecule is Clc1cccc(Nc2c(-c3ccco3)nc3cnccn23)c1. The molecule has 6 heteroatoms. The molecule has 0 unspecified atom stereocenters. The number of benzene rings is 1. The van der Waals surface area contributed by atoms with Crippen LogP contribution in [0.25, 0.3) is 17.1 Å². The van der Waals surface area contributed by atoms with Crippen molar-refractivity contribution in [1.29, 1.82) is 0 Å². The van der Waals surface area contributed by atoms with Crippen LogP contribution in [-0.4, -0.2) is 14.4 Å². The van der Waals surface area contributed by atoms with Gasteiger partial charge in [-0.3, -0.25) is 9.38 Å². The first kappa shape index (κ1) is 12.9. The number of nitrogens with zero attached hydrogens (tertiary/aromatic N) is 3. The molecule has 0 aliphatic carbocycles. The fourth-order valence-corrected chi connectivity index (χ4v) is 2.50. The summed E-state index contributed by atoms with van der Waals surface area (Å²) in [4.78, 5) is 8.69. The highest BCUT2D eigenvalue weighted by atomic mass is 35.5. The predicted octanol–water partition coefficient (Wildman–Crippen LogP) is 4.39. The highest BCUT2D eigenvalue weighted by Gasteiger charge is 2.16. The van der Waals surface area contributed by atoms with Gasteiger partial charge in [0.15, 0.2) is 11.4 Å². The zero-order valence-electron chi connectivity index (χ0n) is 11.4. The first-order chi connectivity index (χ1) is 10.8. The second-order valence-corrected chi connectivity index (χ2v) is 5.16. The van der Waals surface area contributed by atoms with Crippen LogP contribution in [0.3, 0.4) is 0 Å². The summed E-state index contributed by atoms with van der Waals surface area (Å²) in [6.45, 7) is 0. The molecule has 4 aromatic rings. The zero-order chi connectivity index (χ0) is 14.9. The van der Waals surface area contributed by atoms with E-state index in [1.165, 1.54) is 0 Å². The summed E-state index contributed by atoms with van der Waals surface area (Å²) in [5.41, 5.74) is 2.33. The molecule has 1 N–H and O–H groups in total. The van der Waals surface area contributed by atoms with E-state index < -0.39 is 0 Å². The van der Waals surface area contributed by atoms with Gasteiger partial charge >= 0.3 is 0 Å². The molecule has 0 amide bonds. The van der Waals surface area contributed by atoms with Gasteiger partial charge in [0.25, 0.3) is 0 Å². The Morgan fingerprint density at radius 3 is 2.95 bits per heavy atom. The van der Waals surface area contributed by atoms with Crippen molar-refractivity contribution in [3.05, 3.63) is 66.3 Å². The molecule has 0 saturated carbocycles. The van der Waals surface area contributed by atoms with Gasteiger partial charge in [0.2, 0.25) is 0 Å². The number of nitrogens with one attached hydrogen (secondary N) is 1. The van der Waals surface area contributed by atoms with Gasteiger partial charge in [-0.15, -0.1) is 0 Å². The topological polar surface area (TPSA) is 55.4 Å². The normalized spacial score (nSPS) is 11.0. The molecule has 0 saturated heterocycles. The molecule has 0 atom stereocenters. The first-order valence-corrected chi connectivity index (χ1v) is 7.07. The van der Waals surface area contributed by atoms with Crippen LogP contribution >= 0.6 is 11.6 Å². The summed E-state index contributed by atoms with van der Waals surface area (Å²) in [6, 6.07) is 11.2. The van der Waals surface area contributed by atoms with E-state index in [0.29, 0.717) is 10.8 Å². The molecule has 0 aliphatic heterocycles. The summed E-state index contributed by atoms with van der Waals surface area (Å²) in [5.74, 6) is 1.49. The van der Waals surface area contributed by atoms with Crippen molar-refractivity contribution >= 4 is 28.8 Å². The van der Waals surface area contributed by atoms with Crippen molar-refractivity contribution in [1.82, 2.24) is 14.4 Å². The summed E-state index contributed by atoms with van der Waals surface area (Å²) in [6.07, 6.45) is 6.89. The van der Waals surface area contributed by atoms with Crippen LogP contribution in [0, 0.1) is 0 Å². The molecule has 0 spiro atoms. The third kappa shape index (κ3) is 2.21. The van der Waals surface area contributed by atoms with Crippen molar-refractivity contribution in [3.63, 3.8) is 0 Å². The Kier molecular flexibility index (Phi) is 3.05. The van der Waals surface area contributed by atoms with E-state index in [2.05, 4.69) is 15.3 Å². The Morgan fingerprint density at radius 1 is 1.18 bits per heavy atom. The standard InChI is InChI=1S/C16H11ClN4O/c17-11-3-1-4-12(9-11)19-16-15(13-5-2-8-22-13)20-14-10-18-6-7-21(14)16/h1-10,19H. The Balaban J connectivity index is 1.89. The van der Waals surface area contributed by atoms with E-state index in [1.54, 1.807) is 18.7 Å². The molecule has 0 fully saturated rings. The van der Waals surface area contributed by atoms with Gasteiger partial charge in [-0.25, -0.2) is 4.98 Å². The number of hydrogen-bond acceptors (Lipinski definition) is 4. The summed E-state index contributed by atoms with van der Waals surface area (Å²) < 4.78 is 7.41. The van der Waals surface area contributed by atoms with Gasteiger partial charge in [0, 0.05) is 23.1 Å². The zero-order valence-corrected chi connectivity index (χ0v) is 12.2. The number of imidazole rings is 1. The third-order valence-corrected chi connectivity index (χ3v) is 3.51. The fraction of sp³-hybridized carbons (Fsp3) is 0. The van der Waals surface area contributed by atoms with Crippen molar-refractivity contribution in [2.75, 3.05) is 5.32 Å². The lowest BCUT2D eigenvalue weighted by atomic mass is 10.3. The van der Waals surface area contributed by atoms with Crippen molar-refractivity contribution in [3.8, 4) is 11.5 Å². The van der Waals surface area contributed by atoms with Crippen LogP contribution in [-0.2, 0) is 0 Å². The number of rotatable bonds is 3. The first-order valence-electron chi connectivity index (χ1n) is 6.70. The van der Waals surface area contributed by atoms with Gasteiger partial charge < -0.3 is 9.73 Å². The highest BCUT2D eigenvalue weighted by Crippen LogP contribution is 2.31. The summed E-state index contributed by atoms with van der Waals surface area (Å²) in [5, 5.41) is 4.02. The Bertz CT molecular complexity index is 930. The van der Waals surface area contributed by atoms with Gasteiger partial charge in [-0.1, -0.05) is 17.7 Å². The molecule has 108 valence electrons. The summed E-state index contributed by atoms with van der Waals surface area (Å²) >= 11 is 6.05. The Morgan fingerprint density at radius 2 is 2.14 bits per heavy atom. The monoisotopic (exact) mass is 310 g/mol. The van der Waals surface area contributed by atoms with Crippen LogP contribution in [0.2, 0.25) is 5.02 Å². The molecule has 4 rings (SSSR count). The molecular formula is C16H11ClN4O. The van der Waals surface area contributed by atoms with E-state index in [4.69, 9.17) is 16.0 Å². The maximum atomic E-state index is 6.05. The lowest BCUT2D eigenvalue weighted by Gasteiger charge is -2.08. The lowest BCUT2D eigenvalue weighted by Crippen LogP contribution is -1.96.